The first-order chi connectivity index (χ1) is 11.0. The van der Waals surface area contributed by atoms with E-state index in [0.717, 1.165) is 43.4 Å². The van der Waals surface area contributed by atoms with Crippen LogP contribution in [0.25, 0.3) is 0 Å². The van der Waals surface area contributed by atoms with Gasteiger partial charge in [-0.3, -0.25) is 9.59 Å². The quantitative estimate of drug-likeness (QED) is 0.805. The summed E-state index contributed by atoms with van der Waals surface area (Å²) in [7, 11) is 1.63. The van der Waals surface area contributed by atoms with Crippen LogP contribution in [0.1, 0.15) is 50.5 Å². The van der Waals surface area contributed by atoms with Gasteiger partial charge in [-0.25, -0.2) is 0 Å². The molecule has 0 spiro atoms. The molecule has 0 aromatic heterocycles. The van der Waals surface area contributed by atoms with Crippen LogP contribution >= 0.6 is 0 Å². The number of rotatable bonds is 7. The normalized spacial score (nSPS) is 16.7. The summed E-state index contributed by atoms with van der Waals surface area (Å²) < 4.78 is 5.09. The van der Waals surface area contributed by atoms with Crippen molar-refractivity contribution in [3.8, 4) is 0 Å². The fourth-order valence-corrected chi connectivity index (χ4v) is 3.49. The Labute approximate surface area is 137 Å². The number of nitrogens with one attached hydrogen (secondary N) is 1. The summed E-state index contributed by atoms with van der Waals surface area (Å²) in [5, 5.41) is 12.1. The number of methoxy groups -OCH3 is 1. The van der Waals surface area contributed by atoms with Gasteiger partial charge < -0.3 is 15.2 Å². The number of amides is 1. The van der Waals surface area contributed by atoms with E-state index in [4.69, 9.17) is 4.74 Å². The van der Waals surface area contributed by atoms with Gasteiger partial charge in [0.25, 0.3) is 0 Å². The number of carbonyl (C=O) groups excluding carboxylic acids is 1. The maximum atomic E-state index is 12.4. The third-order valence-corrected chi connectivity index (χ3v) is 4.50. The molecule has 1 aromatic carbocycles. The Morgan fingerprint density at radius 3 is 2.61 bits per heavy atom. The predicted molar refractivity (Wildman–Crippen MR) is 88.2 cm³/mol. The molecule has 126 valence electrons. The highest BCUT2D eigenvalue weighted by Crippen LogP contribution is 2.42. The van der Waals surface area contributed by atoms with E-state index in [0.29, 0.717) is 6.61 Å². The van der Waals surface area contributed by atoms with Gasteiger partial charge in [-0.2, -0.15) is 0 Å². The van der Waals surface area contributed by atoms with Gasteiger partial charge >= 0.3 is 5.97 Å². The summed E-state index contributed by atoms with van der Waals surface area (Å²) in [5.41, 5.74) is 1.33. The molecule has 2 rings (SSSR count). The Morgan fingerprint density at radius 2 is 1.96 bits per heavy atom. The molecule has 5 nitrogen and oxygen atoms in total. The molecule has 1 aliphatic carbocycles. The summed E-state index contributed by atoms with van der Waals surface area (Å²) in [6, 6.07) is 7.53. The first-order valence-corrected chi connectivity index (χ1v) is 8.13. The van der Waals surface area contributed by atoms with Crippen LogP contribution in [0.4, 0.5) is 5.69 Å². The smallest absolute Gasteiger partial charge is 0.303 e. The van der Waals surface area contributed by atoms with Gasteiger partial charge in [0.2, 0.25) is 5.91 Å². The van der Waals surface area contributed by atoms with Gasteiger partial charge in [0, 0.05) is 19.2 Å². The van der Waals surface area contributed by atoms with Crippen LogP contribution in [-0.4, -0.2) is 24.1 Å². The predicted octanol–water partition coefficient (Wildman–Crippen LogP) is 3.59. The number of hydrogen-bond acceptors (Lipinski definition) is 3. The van der Waals surface area contributed by atoms with Crippen molar-refractivity contribution in [3.05, 3.63) is 29.8 Å². The molecule has 0 saturated heterocycles. The summed E-state index contributed by atoms with van der Waals surface area (Å²) >= 11 is 0. The molecule has 0 aliphatic heterocycles. The van der Waals surface area contributed by atoms with Crippen LogP contribution in [0.3, 0.4) is 0 Å². The van der Waals surface area contributed by atoms with Crippen molar-refractivity contribution in [2.45, 2.75) is 51.6 Å². The average molecular weight is 319 g/mol. The van der Waals surface area contributed by atoms with E-state index in [-0.39, 0.29) is 18.7 Å². The minimum absolute atomic E-state index is 0.0735. The number of carboxylic acids is 1. The van der Waals surface area contributed by atoms with E-state index in [1.54, 1.807) is 7.11 Å². The van der Waals surface area contributed by atoms with Crippen molar-refractivity contribution in [1.29, 1.82) is 0 Å². The number of carbonyl (C=O) groups is 2. The zero-order valence-electron chi connectivity index (χ0n) is 13.6. The highest BCUT2D eigenvalue weighted by atomic mass is 16.5. The molecule has 0 bridgehead atoms. The van der Waals surface area contributed by atoms with Crippen LogP contribution in [0.2, 0.25) is 0 Å². The third kappa shape index (κ3) is 5.36. The highest BCUT2D eigenvalue weighted by molar-refractivity contribution is 5.91. The second-order valence-electron chi connectivity index (χ2n) is 6.49. The molecule has 0 atom stereocenters. The van der Waals surface area contributed by atoms with E-state index in [1.165, 1.54) is 0 Å². The first kappa shape index (κ1) is 17.5. The van der Waals surface area contributed by atoms with Crippen molar-refractivity contribution < 1.29 is 19.4 Å². The van der Waals surface area contributed by atoms with E-state index >= 15 is 0 Å². The fraction of sp³-hybridized carbons (Fsp3) is 0.556. The maximum absolute atomic E-state index is 12.4. The SMILES string of the molecule is COCc1cccc(NC(=O)CC2(CC(=O)O)CCCCC2)c1. The van der Waals surface area contributed by atoms with Gasteiger partial charge in [0.05, 0.1) is 13.0 Å². The van der Waals surface area contributed by atoms with Gasteiger partial charge in [0.15, 0.2) is 0 Å². The second kappa shape index (κ2) is 8.11. The average Bonchev–Trinajstić information content (AvgIpc) is 2.47. The van der Waals surface area contributed by atoms with Crippen molar-refractivity contribution in [2.75, 3.05) is 12.4 Å². The van der Waals surface area contributed by atoms with Gasteiger partial charge in [-0.15, -0.1) is 0 Å². The number of ether oxygens (including phenoxy) is 1. The molecule has 1 aliphatic rings. The van der Waals surface area contributed by atoms with Crippen LogP contribution in [0.5, 0.6) is 0 Å². The lowest BCUT2D eigenvalue weighted by molar-refractivity contribution is -0.140. The van der Waals surface area contributed by atoms with E-state index < -0.39 is 11.4 Å². The van der Waals surface area contributed by atoms with Crippen LogP contribution in [-0.2, 0) is 20.9 Å². The molecule has 2 N–H and O–H groups in total. The molecule has 1 saturated carbocycles. The Hall–Kier alpha value is -1.88. The van der Waals surface area contributed by atoms with Gasteiger partial charge in [-0.1, -0.05) is 31.4 Å². The van der Waals surface area contributed by atoms with E-state index in [1.807, 2.05) is 24.3 Å². The summed E-state index contributed by atoms with van der Waals surface area (Å²) in [6.45, 7) is 0.493. The number of benzene rings is 1. The van der Waals surface area contributed by atoms with Crippen LogP contribution < -0.4 is 5.32 Å². The molecular weight excluding hydrogens is 294 g/mol. The zero-order valence-corrected chi connectivity index (χ0v) is 13.6. The van der Waals surface area contributed by atoms with Crippen molar-refractivity contribution in [3.63, 3.8) is 0 Å². The highest BCUT2D eigenvalue weighted by Gasteiger charge is 2.36. The van der Waals surface area contributed by atoms with E-state index in [2.05, 4.69) is 5.32 Å². The number of anilines is 1. The third-order valence-electron chi connectivity index (χ3n) is 4.50. The van der Waals surface area contributed by atoms with Crippen LogP contribution in [0, 0.1) is 5.41 Å². The van der Waals surface area contributed by atoms with Crippen LogP contribution in [0.15, 0.2) is 24.3 Å². The minimum Gasteiger partial charge on any atom is -0.481 e. The molecule has 0 heterocycles. The Kier molecular flexibility index (Phi) is 6.16. The molecule has 1 fully saturated rings. The summed E-state index contributed by atoms with van der Waals surface area (Å²) in [5.74, 6) is -0.926. The molecule has 1 aromatic rings. The topological polar surface area (TPSA) is 75.6 Å². The lowest BCUT2D eigenvalue weighted by atomic mass is 9.69. The fourth-order valence-electron chi connectivity index (χ4n) is 3.49. The zero-order chi connectivity index (χ0) is 16.7. The number of aliphatic carboxylic acids is 1. The molecule has 1 amide bonds. The lowest BCUT2D eigenvalue weighted by Crippen LogP contribution is -2.32. The lowest BCUT2D eigenvalue weighted by Gasteiger charge is -2.35. The standard InChI is InChI=1S/C18H25NO4/c1-23-13-14-6-5-7-15(10-14)19-16(20)11-18(12-17(21)22)8-3-2-4-9-18/h5-7,10H,2-4,8-9,11-13H2,1H3,(H,19,20)(H,21,22). The van der Waals surface area contributed by atoms with Gasteiger partial charge in [-0.05, 0) is 36.0 Å². The molecular formula is C18H25NO4. The molecule has 0 unspecified atom stereocenters. The number of carboxylic acid groups (broad SMARTS) is 1. The molecule has 23 heavy (non-hydrogen) atoms. The minimum atomic E-state index is -0.818. The Balaban J connectivity index is 2.01. The first-order valence-electron chi connectivity index (χ1n) is 8.13. The molecule has 0 radical (unpaired) electrons. The van der Waals surface area contributed by atoms with Crippen molar-refractivity contribution >= 4 is 17.6 Å². The van der Waals surface area contributed by atoms with E-state index in [9.17, 15) is 14.7 Å². The van der Waals surface area contributed by atoms with Crippen molar-refractivity contribution in [1.82, 2.24) is 0 Å². The summed E-state index contributed by atoms with van der Waals surface area (Å²) in [4.78, 5) is 23.6. The van der Waals surface area contributed by atoms with Crippen molar-refractivity contribution in [2.24, 2.45) is 5.41 Å². The Morgan fingerprint density at radius 1 is 1.22 bits per heavy atom. The monoisotopic (exact) mass is 319 g/mol. The number of hydrogen-bond donors (Lipinski definition) is 2. The Bertz CT molecular complexity index is 550. The second-order valence-corrected chi connectivity index (χ2v) is 6.49. The molecule has 5 heteroatoms. The maximum Gasteiger partial charge on any atom is 0.303 e. The summed E-state index contributed by atoms with van der Waals surface area (Å²) in [6.07, 6.45) is 5.11. The largest absolute Gasteiger partial charge is 0.481 e. The van der Waals surface area contributed by atoms with Gasteiger partial charge in [0.1, 0.15) is 0 Å².